The van der Waals surface area contributed by atoms with E-state index in [4.69, 9.17) is 5.73 Å². The van der Waals surface area contributed by atoms with Crippen molar-refractivity contribution in [3.05, 3.63) is 11.1 Å². The summed E-state index contributed by atoms with van der Waals surface area (Å²) in [4.78, 5) is 4.23. The minimum atomic E-state index is -3.30. The van der Waals surface area contributed by atoms with E-state index in [0.29, 0.717) is 11.0 Å². The third-order valence-electron chi connectivity index (χ3n) is 2.15. The quantitative estimate of drug-likeness (QED) is 0.803. The standard InChI is InChI=1S/C8H13N3O2S2/c9-3-4-15(12,13)11-8-10-7(5-14-8)6-1-2-6/h5-6H,1-4,9H2,(H,10,11). The molecule has 0 bridgehead atoms. The fourth-order valence-corrected chi connectivity index (χ4v) is 3.17. The average molecular weight is 247 g/mol. The second-order valence-electron chi connectivity index (χ2n) is 3.56. The molecule has 3 N–H and O–H groups in total. The van der Waals surface area contributed by atoms with E-state index in [1.807, 2.05) is 5.38 Å². The minimum Gasteiger partial charge on any atom is -0.329 e. The van der Waals surface area contributed by atoms with E-state index >= 15 is 0 Å². The van der Waals surface area contributed by atoms with Crippen LogP contribution in [0.3, 0.4) is 0 Å². The lowest BCUT2D eigenvalue weighted by Gasteiger charge is -2.02. The first-order valence-electron chi connectivity index (χ1n) is 4.77. The summed E-state index contributed by atoms with van der Waals surface area (Å²) in [7, 11) is -3.30. The number of nitrogens with two attached hydrogens (primary N) is 1. The van der Waals surface area contributed by atoms with Crippen molar-refractivity contribution < 1.29 is 8.42 Å². The molecule has 1 aliphatic rings. The number of hydrogen-bond donors (Lipinski definition) is 2. The summed E-state index contributed by atoms with van der Waals surface area (Å²) in [5.74, 6) is 0.486. The van der Waals surface area contributed by atoms with E-state index in [2.05, 4.69) is 9.71 Å². The van der Waals surface area contributed by atoms with E-state index in [9.17, 15) is 8.42 Å². The fraction of sp³-hybridized carbons (Fsp3) is 0.625. The van der Waals surface area contributed by atoms with Crippen LogP contribution in [0.1, 0.15) is 24.5 Å². The first kappa shape index (κ1) is 10.8. The Kier molecular flexibility index (Phi) is 2.94. The predicted octanol–water partition coefficient (Wildman–Crippen LogP) is 0.721. The molecule has 1 aromatic rings. The molecule has 15 heavy (non-hydrogen) atoms. The highest BCUT2D eigenvalue weighted by molar-refractivity contribution is 7.92. The first-order valence-corrected chi connectivity index (χ1v) is 7.30. The van der Waals surface area contributed by atoms with Gasteiger partial charge in [-0.25, -0.2) is 13.4 Å². The zero-order valence-corrected chi connectivity index (χ0v) is 9.77. The smallest absolute Gasteiger partial charge is 0.235 e. The summed E-state index contributed by atoms with van der Waals surface area (Å²) >= 11 is 1.33. The van der Waals surface area contributed by atoms with Crippen molar-refractivity contribution in [2.75, 3.05) is 17.0 Å². The summed E-state index contributed by atoms with van der Waals surface area (Å²) in [6.45, 7) is 0.121. The number of anilines is 1. The van der Waals surface area contributed by atoms with Crippen LogP contribution < -0.4 is 10.5 Å². The van der Waals surface area contributed by atoms with Gasteiger partial charge in [-0.15, -0.1) is 11.3 Å². The van der Waals surface area contributed by atoms with Gasteiger partial charge in [0.25, 0.3) is 0 Å². The van der Waals surface area contributed by atoms with Crippen molar-refractivity contribution in [2.24, 2.45) is 5.73 Å². The third kappa shape index (κ3) is 2.90. The van der Waals surface area contributed by atoms with Crippen LogP contribution >= 0.6 is 11.3 Å². The molecule has 7 heteroatoms. The van der Waals surface area contributed by atoms with Gasteiger partial charge in [-0.3, -0.25) is 4.72 Å². The molecule has 0 spiro atoms. The zero-order valence-electron chi connectivity index (χ0n) is 8.14. The normalized spacial score (nSPS) is 16.6. The highest BCUT2D eigenvalue weighted by Gasteiger charge is 2.26. The van der Waals surface area contributed by atoms with Crippen molar-refractivity contribution in [2.45, 2.75) is 18.8 Å². The number of hydrogen-bond acceptors (Lipinski definition) is 5. The third-order valence-corrected chi connectivity index (χ3v) is 4.33. The van der Waals surface area contributed by atoms with Crippen LogP contribution in [0.15, 0.2) is 5.38 Å². The minimum absolute atomic E-state index is 0.0641. The van der Waals surface area contributed by atoms with E-state index < -0.39 is 10.0 Å². The summed E-state index contributed by atoms with van der Waals surface area (Å²) < 4.78 is 25.2. The second-order valence-corrected chi connectivity index (χ2v) is 6.26. The molecule has 2 rings (SSSR count). The lowest BCUT2D eigenvalue weighted by Crippen LogP contribution is -2.22. The highest BCUT2D eigenvalue weighted by Crippen LogP contribution is 2.40. The topological polar surface area (TPSA) is 85.1 Å². The van der Waals surface area contributed by atoms with Crippen LogP contribution in [0.5, 0.6) is 0 Å². The van der Waals surface area contributed by atoms with Gasteiger partial charge < -0.3 is 5.73 Å². The Morgan fingerprint density at radius 1 is 1.60 bits per heavy atom. The number of aromatic nitrogens is 1. The van der Waals surface area contributed by atoms with Gasteiger partial charge in [-0.1, -0.05) is 0 Å². The van der Waals surface area contributed by atoms with E-state index in [0.717, 1.165) is 5.69 Å². The van der Waals surface area contributed by atoms with Gasteiger partial charge in [0.05, 0.1) is 11.4 Å². The van der Waals surface area contributed by atoms with Crippen LogP contribution in [0.25, 0.3) is 0 Å². The average Bonchev–Trinajstić information content (AvgIpc) is 2.88. The lowest BCUT2D eigenvalue weighted by atomic mass is 10.3. The van der Waals surface area contributed by atoms with Crippen molar-refractivity contribution in [1.82, 2.24) is 4.98 Å². The Bertz CT molecular complexity index is 436. The molecule has 0 unspecified atom stereocenters. The Morgan fingerprint density at radius 2 is 2.33 bits per heavy atom. The molecule has 0 saturated heterocycles. The van der Waals surface area contributed by atoms with Gasteiger partial charge in [0, 0.05) is 17.8 Å². The molecule has 5 nitrogen and oxygen atoms in total. The summed E-state index contributed by atoms with van der Waals surface area (Å²) in [5, 5.41) is 2.36. The summed E-state index contributed by atoms with van der Waals surface area (Å²) in [6.07, 6.45) is 2.33. The molecule has 1 saturated carbocycles. The molecule has 0 aliphatic heterocycles. The van der Waals surface area contributed by atoms with Gasteiger partial charge >= 0.3 is 0 Å². The maximum atomic E-state index is 11.4. The van der Waals surface area contributed by atoms with Crippen molar-refractivity contribution in [3.8, 4) is 0 Å². The summed E-state index contributed by atoms with van der Waals surface area (Å²) in [6, 6.07) is 0. The largest absolute Gasteiger partial charge is 0.329 e. The van der Waals surface area contributed by atoms with Gasteiger partial charge in [-0.2, -0.15) is 0 Å². The van der Waals surface area contributed by atoms with E-state index in [-0.39, 0.29) is 12.3 Å². The molecule has 0 amide bonds. The van der Waals surface area contributed by atoms with Crippen molar-refractivity contribution >= 4 is 26.5 Å². The predicted molar refractivity (Wildman–Crippen MR) is 60.6 cm³/mol. The molecule has 1 fully saturated rings. The molecule has 84 valence electrons. The SMILES string of the molecule is NCCS(=O)(=O)Nc1nc(C2CC2)cs1. The van der Waals surface area contributed by atoms with E-state index in [1.165, 1.54) is 24.2 Å². The molecular weight excluding hydrogens is 234 g/mol. The van der Waals surface area contributed by atoms with E-state index in [1.54, 1.807) is 0 Å². The maximum Gasteiger partial charge on any atom is 0.235 e. The second kappa shape index (κ2) is 4.07. The number of nitrogens with one attached hydrogen (secondary N) is 1. The summed E-state index contributed by atoms with van der Waals surface area (Å²) in [5.41, 5.74) is 6.20. The van der Waals surface area contributed by atoms with Gasteiger partial charge in [-0.05, 0) is 12.8 Å². The molecule has 1 aliphatic carbocycles. The van der Waals surface area contributed by atoms with Gasteiger partial charge in [0.2, 0.25) is 10.0 Å². The van der Waals surface area contributed by atoms with Crippen molar-refractivity contribution in [3.63, 3.8) is 0 Å². The molecular formula is C8H13N3O2S2. The Labute approximate surface area is 92.8 Å². The lowest BCUT2D eigenvalue weighted by molar-refractivity contribution is 0.601. The Morgan fingerprint density at radius 3 is 2.93 bits per heavy atom. The zero-order chi connectivity index (χ0) is 10.9. The Balaban J connectivity index is 2.03. The van der Waals surface area contributed by atoms with Gasteiger partial charge in [0.15, 0.2) is 5.13 Å². The van der Waals surface area contributed by atoms with Crippen LogP contribution in [-0.4, -0.2) is 25.7 Å². The van der Waals surface area contributed by atoms with Crippen molar-refractivity contribution in [1.29, 1.82) is 0 Å². The molecule has 1 heterocycles. The first-order chi connectivity index (χ1) is 7.11. The molecule has 0 radical (unpaired) electrons. The molecule has 0 atom stereocenters. The molecule has 1 aromatic heterocycles. The number of nitrogens with zero attached hydrogens (tertiary/aromatic N) is 1. The van der Waals surface area contributed by atoms with Crippen LogP contribution in [0.4, 0.5) is 5.13 Å². The molecule has 0 aromatic carbocycles. The van der Waals surface area contributed by atoms with Crippen LogP contribution in [0, 0.1) is 0 Å². The van der Waals surface area contributed by atoms with Gasteiger partial charge in [0.1, 0.15) is 0 Å². The Hall–Kier alpha value is -0.660. The highest BCUT2D eigenvalue weighted by atomic mass is 32.2. The monoisotopic (exact) mass is 247 g/mol. The van der Waals surface area contributed by atoms with Crippen LogP contribution in [0.2, 0.25) is 0 Å². The van der Waals surface area contributed by atoms with Crippen LogP contribution in [-0.2, 0) is 10.0 Å². The maximum absolute atomic E-state index is 11.4. The number of sulfonamides is 1. The number of thiazole rings is 1. The number of rotatable bonds is 5. The fourth-order valence-electron chi connectivity index (χ4n) is 1.24.